The van der Waals surface area contributed by atoms with Crippen LogP contribution in [-0.2, 0) is 9.47 Å². The summed E-state index contributed by atoms with van der Waals surface area (Å²) in [6, 6.07) is 39.4. The van der Waals surface area contributed by atoms with Gasteiger partial charge >= 0.3 is 11.9 Å². The normalized spacial score (nSPS) is 11.8. The Kier molecular flexibility index (Phi) is 9.52. The van der Waals surface area contributed by atoms with Crippen molar-refractivity contribution in [1.29, 1.82) is 0 Å². The predicted molar refractivity (Wildman–Crippen MR) is 164 cm³/mol. The third-order valence-corrected chi connectivity index (χ3v) is 6.34. The Morgan fingerprint density at radius 2 is 0.953 bits per heavy atom. The van der Waals surface area contributed by atoms with Gasteiger partial charge in [-0.15, -0.1) is 0 Å². The van der Waals surface area contributed by atoms with E-state index in [9.17, 15) is 9.59 Å². The maximum atomic E-state index is 13.0. The Balaban J connectivity index is 1.20. The molecule has 43 heavy (non-hydrogen) atoms. The average Bonchev–Trinajstić information content (AvgIpc) is 3.06. The molecule has 0 aliphatic carbocycles. The van der Waals surface area contributed by atoms with E-state index >= 15 is 0 Å². The molecule has 8 nitrogen and oxygen atoms in total. The lowest BCUT2D eigenvalue weighted by molar-refractivity contribution is -0.00133. The fourth-order valence-electron chi connectivity index (χ4n) is 3.96. The van der Waals surface area contributed by atoms with Crippen molar-refractivity contribution in [2.75, 3.05) is 6.61 Å². The molecule has 0 aliphatic heterocycles. The first-order valence-corrected chi connectivity index (χ1v) is 13.6. The monoisotopic (exact) mass is 568 g/mol. The Morgan fingerprint density at radius 3 is 1.47 bits per heavy atom. The van der Waals surface area contributed by atoms with E-state index in [1.54, 1.807) is 48.5 Å². The number of benzene rings is 5. The number of nitrogens with zero attached hydrogens (tertiary/aromatic N) is 4. The maximum Gasteiger partial charge on any atom is 0.338 e. The van der Waals surface area contributed by atoms with Crippen molar-refractivity contribution in [1.82, 2.24) is 0 Å². The molecule has 1 atom stereocenters. The molecule has 0 bridgehead atoms. The number of aryl methyl sites for hydroxylation is 1. The zero-order chi connectivity index (χ0) is 29.9. The highest BCUT2D eigenvalue weighted by molar-refractivity contribution is 5.90. The van der Waals surface area contributed by atoms with E-state index in [1.807, 2.05) is 91.9 Å². The van der Waals surface area contributed by atoms with E-state index in [0.29, 0.717) is 28.1 Å². The van der Waals surface area contributed by atoms with Crippen LogP contribution in [0.4, 0.5) is 22.7 Å². The first-order valence-electron chi connectivity index (χ1n) is 13.6. The highest BCUT2D eigenvalue weighted by Gasteiger charge is 2.21. The lowest BCUT2D eigenvalue weighted by Crippen LogP contribution is -2.19. The van der Waals surface area contributed by atoms with Crippen molar-refractivity contribution in [3.05, 3.63) is 156 Å². The van der Waals surface area contributed by atoms with Gasteiger partial charge in [0.05, 0.1) is 33.9 Å². The number of azo groups is 2. The Bertz CT molecular complexity index is 1700. The van der Waals surface area contributed by atoms with Gasteiger partial charge < -0.3 is 9.47 Å². The van der Waals surface area contributed by atoms with Crippen molar-refractivity contribution in [2.24, 2.45) is 20.5 Å². The molecule has 1 unspecified atom stereocenters. The van der Waals surface area contributed by atoms with E-state index in [0.717, 1.165) is 16.9 Å². The summed E-state index contributed by atoms with van der Waals surface area (Å²) >= 11 is 0. The molecule has 0 spiro atoms. The largest absolute Gasteiger partial charge is 0.458 e. The van der Waals surface area contributed by atoms with E-state index in [2.05, 4.69) is 20.5 Å². The zero-order valence-corrected chi connectivity index (χ0v) is 23.4. The first kappa shape index (κ1) is 28.8. The number of hydrogen-bond donors (Lipinski definition) is 0. The van der Waals surface area contributed by atoms with E-state index in [4.69, 9.17) is 9.47 Å². The molecule has 0 saturated heterocycles. The summed E-state index contributed by atoms with van der Waals surface area (Å²) < 4.78 is 11.3. The molecule has 0 N–H and O–H groups in total. The summed E-state index contributed by atoms with van der Waals surface area (Å²) in [6.07, 6.45) is -0.808. The van der Waals surface area contributed by atoms with Crippen molar-refractivity contribution in [3.8, 4) is 0 Å². The molecular formula is C35H28N4O4. The quantitative estimate of drug-likeness (QED) is 0.124. The number of ether oxygens (including phenoxy) is 2. The van der Waals surface area contributed by atoms with Crippen LogP contribution in [0.2, 0.25) is 0 Å². The second-order valence-electron chi connectivity index (χ2n) is 9.57. The highest BCUT2D eigenvalue weighted by Crippen LogP contribution is 2.24. The molecule has 5 aromatic carbocycles. The molecule has 0 amide bonds. The molecule has 212 valence electrons. The van der Waals surface area contributed by atoms with E-state index < -0.39 is 18.0 Å². The fourth-order valence-corrected chi connectivity index (χ4v) is 3.96. The Labute approximate surface area is 249 Å². The topological polar surface area (TPSA) is 102 Å². The predicted octanol–water partition coefficient (Wildman–Crippen LogP) is 9.58. The third kappa shape index (κ3) is 8.37. The van der Waals surface area contributed by atoms with Crippen LogP contribution >= 0.6 is 0 Å². The molecule has 0 fully saturated rings. The van der Waals surface area contributed by atoms with Crippen LogP contribution < -0.4 is 0 Å². The molecule has 5 rings (SSSR count). The minimum Gasteiger partial charge on any atom is -0.458 e. The Hall–Kier alpha value is -5.76. The molecule has 0 radical (unpaired) electrons. The highest BCUT2D eigenvalue weighted by atomic mass is 16.6. The van der Waals surface area contributed by atoms with Crippen molar-refractivity contribution < 1.29 is 19.1 Å². The van der Waals surface area contributed by atoms with Crippen LogP contribution in [-0.4, -0.2) is 18.5 Å². The minimum absolute atomic E-state index is 0.160. The summed E-state index contributed by atoms with van der Waals surface area (Å²) in [5, 5.41) is 16.8. The second-order valence-corrected chi connectivity index (χ2v) is 9.57. The van der Waals surface area contributed by atoms with E-state index in [-0.39, 0.29) is 6.61 Å². The number of hydrogen-bond acceptors (Lipinski definition) is 8. The number of carbonyl (C=O) groups is 2. The molecule has 0 aromatic heterocycles. The summed E-state index contributed by atoms with van der Waals surface area (Å²) in [5.41, 5.74) is 5.17. The molecule has 8 heteroatoms. The molecule has 0 saturated carbocycles. The van der Waals surface area contributed by atoms with E-state index in [1.165, 1.54) is 0 Å². The van der Waals surface area contributed by atoms with Gasteiger partial charge in [0.1, 0.15) is 6.61 Å². The third-order valence-electron chi connectivity index (χ3n) is 6.34. The van der Waals surface area contributed by atoms with Gasteiger partial charge in [-0.25, -0.2) is 9.59 Å². The van der Waals surface area contributed by atoms with Crippen LogP contribution in [0, 0.1) is 6.92 Å². The van der Waals surface area contributed by atoms with Gasteiger partial charge in [0.25, 0.3) is 0 Å². The second kappa shape index (κ2) is 14.2. The average molecular weight is 569 g/mol. The fraction of sp³-hybridized carbons (Fsp3) is 0.0857. The number of esters is 2. The number of carbonyl (C=O) groups excluding carboxylic acids is 2. The maximum absolute atomic E-state index is 13.0. The van der Waals surface area contributed by atoms with Crippen LogP contribution in [0.5, 0.6) is 0 Å². The van der Waals surface area contributed by atoms with Crippen molar-refractivity contribution in [3.63, 3.8) is 0 Å². The zero-order valence-electron chi connectivity index (χ0n) is 23.4. The van der Waals surface area contributed by atoms with Crippen molar-refractivity contribution >= 4 is 34.7 Å². The van der Waals surface area contributed by atoms with Crippen molar-refractivity contribution in [2.45, 2.75) is 13.0 Å². The number of rotatable bonds is 10. The van der Waals surface area contributed by atoms with Gasteiger partial charge in [0.15, 0.2) is 6.10 Å². The van der Waals surface area contributed by atoms with Gasteiger partial charge in [0.2, 0.25) is 0 Å². The lowest BCUT2D eigenvalue weighted by Gasteiger charge is -2.18. The molecule has 5 aromatic rings. The molecule has 0 aliphatic rings. The van der Waals surface area contributed by atoms with Gasteiger partial charge in [-0.1, -0.05) is 66.2 Å². The van der Waals surface area contributed by atoms with Gasteiger partial charge in [-0.2, -0.15) is 20.5 Å². The Morgan fingerprint density at radius 1 is 0.535 bits per heavy atom. The van der Waals surface area contributed by atoms with Gasteiger partial charge in [-0.05, 0) is 85.3 Å². The van der Waals surface area contributed by atoms with Gasteiger partial charge in [-0.3, -0.25) is 0 Å². The van der Waals surface area contributed by atoms with Gasteiger partial charge in [0, 0.05) is 0 Å². The summed E-state index contributed by atoms with van der Waals surface area (Å²) in [6.45, 7) is 1.85. The summed E-state index contributed by atoms with van der Waals surface area (Å²) in [5.74, 6) is -1.10. The van der Waals surface area contributed by atoms with Crippen LogP contribution in [0.25, 0.3) is 0 Å². The lowest BCUT2D eigenvalue weighted by atomic mass is 10.1. The van der Waals surface area contributed by atoms with Crippen LogP contribution in [0.15, 0.2) is 154 Å². The summed E-state index contributed by atoms with van der Waals surface area (Å²) in [7, 11) is 0. The van der Waals surface area contributed by atoms with Crippen LogP contribution in [0.3, 0.4) is 0 Å². The SMILES string of the molecule is Cc1ccc(N=Nc2ccc(C(=O)OC(COC(=O)c3ccc(N=Nc4ccccc4)cc3)c3ccccc3)cc2)cc1. The minimum atomic E-state index is -0.808. The first-order chi connectivity index (χ1) is 21.0. The molecular weight excluding hydrogens is 540 g/mol. The summed E-state index contributed by atoms with van der Waals surface area (Å²) in [4.78, 5) is 25.8. The standard InChI is InChI=1S/C35H28N4O4/c1-25-12-18-30(19-13-25)37-39-32-22-16-28(17-23-32)35(41)43-33(26-8-4-2-5-9-26)24-42-34(40)27-14-20-31(21-15-27)38-36-29-10-6-3-7-11-29/h2-23,33H,24H2,1H3. The van der Waals surface area contributed by atoms with Crippen LogP contribution in [0.1, 0.15) is 37.9 Å². The molecule has 0 heterocycles. The smallest absolute Gasteiger partial charge is 0.338 e.